The molecular weight excluding hydrogens is 452 g/mol. The van der Waals surface area contributed by atoms with E-state index in [0.29, 0.717) is 66.8 Å². The number of aromatic nitrogens is 1. The second-order valence-corrected chi connectivity index (χ2v) is 11.7. The average molecular weight is 485 g/mol. The maximum absolute atomic E-state index is 13.2. The van der Waals surface area contributed by atoms with E-state index < -0.39 is 0 Å². The minimum absolute atomic E-state index is 0.0441. The summed E-state index contributed by atoms with van der Waals surface area (Å²) in [6.07, 6.45) is 2.61. The number of benzene rings is 2. The van der Waals surface area contributed by atoms with Crippen LogP contribution in [0.15, 0.2) is 63.3 Å². The maximum atomic E-state index is 13.2. The second-order valence-electron chi connectivity index (χ2n) is 11.7. The summed E-state index contributed by atoms with van der Waals surface area (Å²) in [6, 6.07) is 13.8. The van der Waals surface area contributed by atoms with Gasteiger partial charge in [0.05, 0.1) is 28.2 Å². The highest BCUT2D eigenvalue weighted by molar-refractivity contribution is 6.24. The molecule has 0 aliphatic heterocycles. The molecule has 0 amide bonds. The fourth-order valence-corrected chi connectivity index (χ4v) is 5.53. The van der Waals surface area contributed by atoms with Gasteiger partial charge in [-0.25, -0.2) is 0 Å². The van der Waals surface area contributed by atoms with Crippen molar-refractivity contribution in [2.75, 3.05) is 0 Å². The van der Waals surface area contributed by atoms with Gasteiger partial charge in [-0.2, -0.15) is 0 Å². The molecule has 1 heterocycles. The Kier molecular flexibility index (Phi) is 5.93. The predicted molar refractivity (Wildman–Crippen MR) is 140 cm³/mol. The highest BCUT2D eigenvalue weighted by Gasteiger charge is 2.38. The zero-order chi connectivity index (χ0) is 25.7. The van der Waals surface area contributed by atoms with Crippen LogP contribution in [0.4, 0.5) is 5.69 Å². The van der Waals surface area contributed by atoms with Crippen LogP contribution in [0.1, 0.15) is 75.2 Å². The highest BCUT2D eigenvalue weighted by atomic mass is 16.5. The summed E-state index contributed by atoms with van der Waals surface area (Å²) in [5.41, 5.74) is 2.27. The number of aliphatic imine (C=N–C) groups is 1. The molecule has 0 unspecified atom stereocenters. The molecule has 0 radical (unpaired) electrons. The van der Waals surface area contributed by atoms with Gasteiger partial charge < -0.3 is 9.63 Å². The molecule has 0 saturated heterocycles. The second kappa shape index (κ2) is 8.84. The Hall–Kier alpha value is -3.54. The first-order valence-corrected chi connectivity index (χ1v) is 12.5. The van der Waals surface area contributed by atoms with E-state index in [9.17, 15) is 14.7 Å². The first kappa shape index (κ1) is 24.2. The van der Waals surface area contributed by atoms with Crippen LogP contribution in [0.2, 0.25) is 0 Å². The number of Topliss-reactive ketones (excluding diaryl/α,β-unsaturated/α-hetero) is 2. The molecule has 1 N–H and O–H groups in total. The van der Waals surface area contributed by atoms with Gasteiger partial charge in [0.15, 0.2) is 11.6 Å². The molecule has 6 heteroatoms. The number of rotatable bonds is 5. The summed E-state index contributed by atoms with van der Waals surface area (Å²) < 4.78 is 5.58. The standard InChI is InChI=1S/C30H32N2O4/c1-29(2)14-23(33)27(24(34)15-29)21(31-20-11-7-9-18-8-5-6-10-19(18)20)12-13-22-28-25(35)16-30(3,4)17-26(28)36-32-22/h5-11,33H,12-17H2,1-4H3. The smallest absolute Gasteiger partial charge is 0.168 e. The maximum Gasteiger partial charge on any atom is 0.168 e. The first-order chi connectivity index (χ1) is 17.0. The van der Waals surface area contributed by atoms with E-state index in [1.807, 2.05) is 56.3 Å². The van der Waals surface area contributed by atoms with Gasteiger partial charge in [0, 0.05) is 31.1 Å². The van der Waals surface area contributed by atoms with Crippen LogP contribution in [0.25, 0.3) is 10.8 Å². The van der Waals surface area contributed by atoms with Gasteiger partial charge in [0.1, 0.15) is 11.5 Å². The van der Waals surface area contributed by atoms with Gasteiger partial charge in [-0.1, -0.05) is 69.2 Å². The predicted octanol–water partition coefficient (Wildman–Crippen LogP) is 6.89. The molecule has 0 fully saturated rings. The fraction of sp³-hybridized carbons (Fsp3) is 0.400. The number of hydrogen-bond donors (Lipinski definition) is 1. The van der Waals surface area contributed by atoms with Crippen LogP contribution in [0.5, 0.6) is 0 Å². The Morgan fingerprint density at radius 3 is 2.42 bits per heavy atom. The van der Waals surface area contributed by atoms with E-state index in [1.54, 1.807) is 0 Å². The van der Waals surface area contributed by atoms with Crippen molar-refractivity contribution in [3.05, 3.63) is 70.8 Å². The van der Waals surface area contributed by atoms with Gasteiger partial charge in [-0.05, 0) is 35.1 Å². The molecular formula is C30H32N2O4. The lowest BCUT2D eigenvalue weighted by molar-refractivity contribution is -0.118. The molecule has 1 aromatic heterocycles. The number of fused-ring (bicyclic) bond motifs is 2. The lowest BCUT2D eigenvalue weighted by Gasteiger charge is -2.30. The van der Waals surface area contributed by atoms with Crippen LogP contribution >= 0.6 is 0 Å². The largest absolute Gasteiger partial charge is 0.511 e. The van der Waals surface area contributed by atoms with Crippen molar-refractivity contribution in [2.24, 2.45) is 15.8 Å². The first-order valence-electron chi connectivity index (χ1n) is 12.5. The van der Waals surface area contributed by atoms with Gasteiger partial charge in [0.2, 0.25) is 0 Å². The summed E-state index contributed by atoms with van der Waals surface area (Å²) in [4.78, 5) is 31.1. The van der Waals surface area contributed by atoms with Crippen molar-refractivity contribution < 1.29 is 19.2 Å². The average Bonchev–Trinajstić information content (AvgIpc) is 3.18. The van der Waals surface area contributed by atoms with Gasteiger partial charge >= 0.3 is 0 Å². The minimum atomic E-state index is -0.306. The lowest BCUT2D eigenvalue weighted by Crippen LogP contribution is -2.29. The zero-order valence-corrected chi connectivity index (χ0v) is 21.4. The molecule has 5 rings (SSSR count). The summed E-state index contributed by atoms with van der Waals surface area (Å²) in [6.45, 7) is 8.06. The normalized spacial score (nSPS) is 19.6. The van der Waals surface area contributed by atoms with Crippen LogP contribution in [-0.4, -0.2) is 27.5 Å². The third-order valence-electron chi connectivity index (χ3n) is 7.15. The summed E-state index contributed by atoms with van der Waals surface area (Å²) >= 11 is 0. The summed E-state index contributed by atoms with van der Waals surface area (Å²) in [5, 5.41) is 17.2. The molecule has 186 valence electrons. The fourth-order valence-electron chi connectivity index (χ4n) is 5.53. The summed E-state index contributed by atoms with van der Waals surface area (Å²) in [7, 11) is 0. The van der Waals surface area contributed by atoms with Gasteiger partial charge in [-0.3, -0.25) is 14.6 Å². The highest BCUT2D eigenvalue weighted by Crippen LogP contribution is 2.39. The number of carbonyl (C=O) groups is 2. The molecule has 0 saturated carbocycles. The number of ketones is 2. The van der Waals surface area contributed by atoms with E-state index in [1.165, 1.54) is 0 Å². The van der Waals surface area contributed by atoms with E-state index in [0.717, 1.165) is 16.5 Å². The molecule has 36 heavy (non-hydrogen) atoms. The quantitative estimate of drug-likeness (QED) is 0.398. The van der Waals surface area contributed by atoms with Crippen LogP contribution in [-0.2, 0) is 17.6 Å². The molecule has 0 bridgehead atoms. The Morgan fingerprint density at radius 2 is 1.64 bits per heavy atom. The van der Waals surface area contributed by atoms with E-state index in [4.69, 9.17) is 9.52 Å². The van der Waals surface area contributed by atoms with Crippen molar-refractivity contribution in [3.63, 3.8) is 0 Å². The third-order valence-corrected chi connectivity index (χ3v) is 7.15. The van der Waals surface area contributed by atoms with Gasteiger partial charge in [0.25, 0.3) is 0 Å². The zero-order valence-electron chi connectivity index (χ0n) is 21.4. The Balaban J connectivity index is 1.55. The number of nitrogens with zero attached hydrogens (tertiary/aromatic N) is 2. The van der Waals surface area contributed by atoms with Crippen molar-refractivity contribution in [2.45, 2.75) is 66.2 Å². The topological polar surface area (TPSA) is 92.8 Å². The molecule has 0 atom stereocenters. The number of aryl methyl sites for hydroxylation is 1. The monoisotopic (exact) mass is 484 g/mol. The molecule has 2 aliphatic rings. The van der Waals surface area contributed by atoms with Crippen LogP contribution in [0, 0.1) is 10.8 Å². The number of aliphatic hydroxyl groups is 1. The molecule has 2 aromatic carbocycles. The number of aliphatic hydroxyl groups excluding tert-OH is 1. The van der Waals surface area contributed by atoms with Crippen LogP contribution in [0.3, 0.4) is 0 Å². The van der Waals surface area contributed by atoms with E-state index >= 15 is 0 Å². The molecule has 6 nitrogen and oxygen atoms in total. The van der Waals surface area contributed by atoms with Crippen molar-refractivity contribution in [1.82, 2.24) is 5.16 Å². The Bertz CT molecular complexity index is 1430. The lowest BCUT2D eigenvalue weighted by atomic mass is 9.74. The molecule has 3 aromatic rings. The van der Waals surface area contributed by atoms with E-state index in [-0.39, 0.29) is 28.2 Å². The van der Waals surface area contributed by atoms with Crippen LogP contribution < -0.4 is 0 Å². The van der Waals surface area contributed by atoms with E-state index in [2.05, 4.69) is 19.0 Å². The number of carbonyl (C=O) groups excluding carboxylic acids is 2. The molecule has 2 aliphatic carbocycles. The SMILES string of the molecule is CC1(C)CC(=O)C(C(CCc2noc3c2C(=O)CC(C)(C)C3)=Nc2cccc3ccccc23)=C(O)C1. The Labute approximate surface area is 211 Å². The number of hydrogen-bond acceptors (Lipinski definition) is 6. The van der Waals surface area contributed by atoms with Crippen molar-refractivity contribution >= 4 is 33.7 Å². The Morgan fingerprint density at radius 1 is 0.944 bits per heavy atom. The molecule has 0 spiro atoms. The minimum Gasteiger partial charge on any atom is -0.511 e. The number of allylic oxidation sites excluding steroid dienone is 2. The third kappa shape index (κ3) is 4.64. The summed E-state index contributed by atoms with van der Waals surface area (Å²) in [5.74, 6) is 0.650. The van der Waals surface area contributed by atoms with Gasteiger partial charge in [-0.15, -0.1) is 0 Å². The van der Waals surface area contributed by atoms with Crippen molar-refractivity contribution in [1.29, 1.82) is 0 Å². The van der Waals surface area contributed by atoms with Crippen molar-refractivity contribution in [3.8, 4) is 0 Å².